The van der Waals surface area contributed by atoms with Crippen molar-refractivity contribution in [3.8, 4) is 71.8 Å². The first kappa shape index (κ1) is 27.6. The summed E-state index contributed by atoms with van der Waals surface area (Å²) in [6.45, 7) is 4.22. The Morgan fingerprint density at radius 1 is 0.375 bits per heavy atom. The molecule has 0 atom stereocenters. The summed E-state index contributed by atoms with van der Waals surface area (Å²) in [7, 11) is 6.94. The molecule has 6 aromatic heterocycles. The molecule has 0 saturated heterocycles. The van der Waals surface area contributed by atoms with Gasteiger partial charge in [0.25, 0.3) is 0 Å². The zero-order valence-electron chi connectivity index (χ0n) is 22.7. The number of aryl methyl sites for hydroxylation is 2. The van der Waals surface area contributed by atoms with Gasteiger partial charge in [-0.3, -0.25) is 0 Å². The average molecular weight is 643 g/mol. The van der Waals surface area contributed by atoms with E-state index >= 15 is 0 Å². The van der Waals surface area contributed by atoms with Gasteiger partial charge in [0.15, 0.2) is 0 Å². The molecule has 10 heteroatoms. The Labute approximate surface area is 257 Å². The van der Waals surface area contributed by atoms with Gasteiger partial charge in [0.05, 0.1) is 47.9 Å². The number of hydrogen-bond donors (Lipinski definition) is 0. The predicted octanol–water partition coefficient (Wildman–Crippen LogP) is 11.0. The SMILES string of the molecule is COc1cc(C)sc1-c1ccc(-c2sc(-c3cc(OC)c(-c4ccc(-c5sc(C)cc5OC)s4)s3)cc2OC)s1. The maximum Gasteiger partial charge on any atom is 0.138 e. The van der Waals surface area contributed by atoms with Crippen molar-refractivity contribution in [1.29, 1.82) is 0 Å². The largest absolute Gasteiger partial charge is 0.495 e. The lowest BCUT2D eigenvalue weighted by Crippen LogP contribution is -1.80. The zero-order chi connectivity index (χ0) is 28.0. The molecule has 0 spiro atoms. The van der Waals surface area contributed by atoms with Crippen LogP contribution in [0.25, 0.3) is 48.8 Å². The molecule has 0 aliphatic heterocycles. The summed E-state index contributed by atoms with van der Waals surface area (Å²) in [5, 5.41) is 0. The van der Waals surface area contributed by atoms with Crippen LogP contribution in [0.15, 0.2) is 48.5 Å². The molecule has 0 aliphatic rings. The highest BCUT2D eigenvalue weighted by Crippen LogP contribution is 2.53. The van der Waals surface area contributed by atoms with Crippen LogP contribution in [0.4, 0.5) is 0 Å². The van der Waals surface area contributed by atoms with E-state index in [-0.39, 0.29) is 0 Å². The summed E-state index contributed by atoms with van der Waals surface area (Å²) >= 11 is 10.6. The fourth-order valence-corrected chi connectivity index (χ4v) is 11.2. The highest BCUT2D eigenvalue weighted by molar-refractivity contribution is 7.31. The molecule has 40 heavy (non-hydrogen) atoms. The van der Waals surface area contributed by atoms with Crippen LogP contribution in [-0.4, -0.2) is 28.4 Å². The van der Waals surface area contributed by atoms with Crippen molar-refractivity contribution in [2.24, 2.45) is 0 Å². The number of ether oxygens (including phenoxy) is 4. The van der Waals surface area contributed by atoms with Gasteiger partial charge < -0.3 is 18.9 Å². The first-order valence-corrected chi connectivity index (χ1v) is 17.2. The van der Waals surface area contributed by atoms with Gasteiger partial charge in [0, 0.05) is 51.1 Å². The lowest BCUT2D eigenvalue weighted by molar-refractivity contribution is 0.418. The van der Waals surface area contributed by atoms with Crippen molar-refractivity contribution in [3.63, 3.8) is 0 Å². The first-order chi connectivity index (χ1) is 19.4. The highest BCUT2D eigenvalue weighted by Gasteiger charge is 2.22. The van der Waals surface area contributed by atoms with E-state index in [9.17, 15) is 0 Å². The summed E-state index contributed by atoms with van der Waals surface area (Å²) in [6, 6.07) is 17.2. The van der Waals surface area contributed by atoms with Gasteiger partial charge in [-0.05, 0) is 50.2 Å². The molecule has 0 radical (unpaired) electrons. The minimum absolute atomic E-state index is 0.884. The normalized spacial score (nSPS) is 11.2. The third kappa shape index (κ3) is 5.01. The summed E-state index contributed by atoms with van der Waals surface area (Å²) in [5.74, 6) is 3.63. The van der Waals surface area contributed by atoms with E-state index in [0.717, 1.165) is 42.5 Å². The third-order valence-electron chi connectivity index (χ3n) is 6.27. The fourth-order valence-electron chi connectivity index (χ4n) is 4.43. The molecule has 6 aromatic rings. The van der Waals surface area contributed by atoms with Crippen LogP contribution in [0, 0.1) is 13.8 Å². The molecule has 206 valence electrons. The molecule has 0 N–H and O–H groups in total. The van der Waals surface area contributed by atoms with Crippen LogP contribution in [0.5, 0.6) is 23.0 Å². The number of methoxy groups -OCH3 is 4. The number of thiophene rings is 6. The molecule has 6 heterocycles. The van der Waals surface area contributed by atoms with Crippen molar-refractivity contribution < 1.29 is 18.9 Å². The van der Waals surface area contributed by atoms with E-state index in [0.29, 0.717) is 0 Å². The van der Waals surface area contributed by atoms with Crippen molar-refractivity contribution >= 4 is 68.0 Å². The highest BCUT2D eigenvalue weighted by atomic mass is 32.1. The quantitative estimate of drug-likeness (QED) is 0.157. The maximum atomic E-state index is 5.85. The van der Waals surface area contributed by atoms with Crippen LogP contribution >= 0.6 is 68.0 Å². The second-order valence-corrected chi connectivity index (χ2v) is 15.6. The third-order valence-corrected chi connectivity index (χ3v) is 13.7. The van der Waals surface area contributed by atoms with Crippen molar-refractivity contribution in [3.05, 3.63) is 58.3 Å². The molecular weight excluding hydrogens is 617 g/mol. The Bertz CT molecular complexity index is 1660. The predicted molar refractivity (Wildman–Crippen MR) is 177 cm³/mol. The summed E-state index contributed by atoms with van der Waals surface area (Å²) < 4.78 is 22.9. The van der Waals surface area contributed by atoms with Gasteiger partial charge in [0.1, 0.15) is 23.0 Å². The topological polar surface area (TPSA) is 36.9 Å². The Morgan fingerprint density at radius 2 is 0.675 bits per heavy atom. The van der Waals surface area contributed by atoms with Gasteiger partial charge >= 0.3 is 0 Å². The summed E-state index contributed by atoms with van der Waals surface area (Å²) in [5.41, 5.74) is 0. The Hall–Kier alpha value is -2.60. The van der Waals surface area contributed by atoms with E-state index in [1.807, 2.05) is 0 Å². The second-order valence-electron chi connectivity index (χ2n) is 8.85. The van der Waals surface area contributed by atoms with Crippen molar-refractivity contribution in [2.45, 2.75) is 13.8 Å². The van der Waals surface area contributed by atoms with Gasteiger partial charge in [-0.2, -0.15) is 0 Å². The fraction of sp³-hybridized carbons (Fsp3) is 0.200. The molecule has 0 aliphatic carbocycles. The summed E-state index contributed by atoms with van der Waals surface area (Å²) in [4.78, 5) is 14.2. The number of rotatable bonds is 9. The molecule has 0 bridgehead atoms. The van der Waals surface area contributed by atoms with Gasteiger partial charge in [-0.25, -0.2) is 0 Å². The molecule has 6 rings (SSSR count). The minimum atomic E-state index is 0.884. The lowest BCUT2D eigenvalue weighted by atomic mass is 10.3. The molecule has 0 fully saturated rings. The van der Waals surface area contributed by atoms with Gasteiger partial charge in [-0.15, -0.1) is 68.0 Å². The Morgan fingerprint density at radius 3 is 1.00 bits per heavy atom. The van der Waals surface area contributed by atoms with E-state index in [1.54, 1.807) is 96.5 Å². The van der Waals surface area contributed by atoms with Crippen molar-refractivity contribution in [2.75, 3.05) is 28.4 Å². The van der Waals surface area contributed by atoms with E-state index in [1.165, 1.54) is 39.0 Å². The van der Waals surface area contributed by atoms with Crippen LogP contribution in [-0.2, 0) is 0 Å². The molecule has 0 aromatic carbocycles. The molecule has 0 amide bonds. The monoisotopic (exact) mass is 642 g/mol. The van der Waals surface area contributed by atoms with Crippen molar-refractivity contribution in [1.82, 2.24) is 0 Å². The zero-order valence-corrected chi connectivity index (χ0v) is 27.6. The molecule has 0 saturated carbocycles. The average Bonchev–Trinajstić information content (AvgIpc) is 3.78. The standard InChI is InChI=1S/C30H26O4S6/c1-15-11-17(31-3)27(35-15)21-7-9-23(37-21)29-19(33-5)13-25(39-29)26-14-20(34-6)30(40-26)24-10-8-22(38-24)28-18(32-4)12-16(2)36-28/h7-14H,1-6H3. The van der Waals surface area contributed by atoms with E-state index < -0.39 is 0 Å². The van der Waals surface area contributed by atoms with Crippen LogP contribution in [0.2, 0.25) is 0 Å². The second kappa shape index (κ2) is 11.3. The van der Waals surface area contributed by atoms with Crippen LogP contribution in [0.1, 0.15) is 9.75 Å². The van der Waals surface area contributed by atoms with E-state index in [2.05, 4.69) is 62.4 Å². The minimum Gasteiger partial charge on any atom is -0.495 e. The molecule has 4 nitrogen and oxygen atoms in total. The Balaban J connectivity index is 1.34. The summed E-state index contributed by atoms with van der Waals surface area (Å²) in [6.07, 6.45) is 0. The van der Waals surface area contributed by atoms with Gasteiger partial charge in [-0.1, -0.05) is 0 Å². The lowest BCUT2D eigenvalue weighted by Gasteiger charge is -2.00. The van der Waals surface area contributed by atoms with Crippen LogP contribution in [0.3, 0.4) is 0 Å². The maximum absolute atomic E-state index is 5.85. The van der Waals surface area contributed by atoms with Gasteiger partial charge in [0.2, 0.25) is 0 Å². The smallest absolute Gasteiger partial charge is 0.138 e. The molecular formula is C30H26O4S6. The number of hydrogen-bond acceptors (Lipinski definition) is 10. The Kier molecular flexibility index (Phi) is 7.82. The molecule has 0 unspecified atom stereocenters. The first-order valence-electron chi connectivity index (χ1n) is 12.3. The van der Waals surface area contributed by atoms with Crippen LogP contribution < -0.4 is 18.9 Å². The van der Waals surface area contributed by atoms with E-state index in [4.69, 9.17) is 18.9 Å².